The van der Waals surface area contributed by atoms with Gasteiger partial charge in [0.2, 0.25) is 5.78 Å². The van der Waals surface area contributed by atoms with E-state index >= 15 is 0 Å². The molecular weight excluding hydrogens is 486 g/mol. The van der Waals surface area contributed by atoms with Gasteiger partial charge in [0.1, 0.15) is 17.2 Å². The molecule has 8 heteroatoms. The lowest BCUT2D eigenvalue weighted by Crippen LogP contribution is -2.47. The van der Waals surface area contributed by atoms with E-state index in [1.54, 1.807) is 32.4 Å². The maximum Gasteiger partial charge on any atom is 0.202 e. The van der Waals surface area contributed by atoms with E-state index < -0.39 is 11.6 Å². The van der Waals surface area contributed by atoms with Crippen LogP contribution >= 0.6 is 0 Å². The number of ketones is 2. The van der Waals surface area contributed by atoms with Crippen molar-refractivity contribution in [3.63, 3.8) is 0 Å². The summed E-state index contributed by atoms with van der Waals surface area (Å²) in [6.45, 7) is 2.71. The minimum absolute atomic E-state index is 0.108. The predicted octanol–water partition coefficient (Wildman–Crippen LogP) is 4.55. The van der Waals surface area contributed by atoms with Crippen molar-refractivity contribution in [2.24, 2.45) is 0 Å². The number of nitrogens with zero attached hydrogens (tertiary/aromatic N) is 1. The van der Waals surface area contributed by atoms with Gasteiger partial charge in [-0.1, -0.05) is 18.2 Å². The van der Waals surface area contributed by atoms with E-state index in [-0.39, 0.29) is 51.1 Å². The molecule has 38 heavy (non-hydrogen) atoms. The lowest BCUT2D eigenvalue weighted by Gasteiger charge is -2.44. The highest BCUT2D eigenvalue weighted by molar-refractivity contribution is 6.31. The number of carbonyl (C=O) groups excluding carboxylic acids is 2. The smallest absolute Gasteiger partial charge is 0.202 e. The van der Waals surface area contributed by atoms with Gasteiger partial charge in [-0.2, -0.15) is 0 Å². The van der Waals surface area contributed by atoms with Gasteiger partial charge < -0.3 is 24.4 Å². The molecule has 0 radical (unpaired) electrons. The Balaban J connectivity index is 1.48. The van der Waals surface area contributed by atoms with Crippen molar-refractivity contribution >= 4 is 11.6 Å². The van der Waals surface area contributed by atoms with Gasteiger partial charge in [-0.15, -0.1) is 0 Å². The summed E-state index contributed by atoms with van der Waals surface area (Å²) in [5.41, 5.74) is 1.77. The number of rotatable bonds is 5. The Morgan fingerprint density at radius 3 is 2.32 bits per heavy atom. The number of benzene rings is 3. The molecule has 2 bridgehead atoms. The van der Waals surface area contributed by atoms with Crippen LogP contribution in [0.15, 0.2) is 36.4 Å². The minimum Gasteiger partial charge on any atom is -0.507 e. The zero-order chi connectivity index (χ0) is 26.9. The topological polar surface area (TPSA) is 106 Å². The second-order valence-electron chi connectivity index (χ2n) is 10.4. The summed E-state index contributed by atoms with van der Waals surface area (Å²) >= 11 is 0. The molecule has 1 fully saturated rings. The second kappa shape index (κ2) is 8.49. The number of methoxy groups -OCH3 is 3. The van der Waals surface area contributed by atoms with Crippen LogP contribution in [0.5, 0.6) is 28.7 Å². The number of phenolic OH excluding ortho intramolecular Hbond substituents is 2. The molecule has 3 aliphatic rings. The Labute approximate surface area is 220 Å². The number of aromatic hydroxyl groups is 2. The maximum atomic E-state index is 13.7. The van der Waals surface area contributed by atoms with Crippen LogP contribution in [0.3, 0.4) is 0 Å². The summed E-state index contributed by atoms with van der Waals surface area (Å²) in [4.78, 5) is 29.6. The highest BCUT2D eigenvalue weighted by Gasteiger charge is 2.52. The first-order chi connectivity index (χ1) is 18.2. The number of carbonyl (C=O) groups is 2. The quantitative estimate of drug-likeness (QED) is 0.373. The lowest BCUT2D eigenvalue weighted by molar-refractivity contribution is 0.0866. The molecule has 0 amide bonds. The van der Waals surface area contributed by atoms with Gasteiger partial charge in [0.05, 0.1) is 38.0 Å². The fraction of sp³-hybridized carbons (Fsp3) is 0.333. The molecular formula is C30H29NO7. The van der Waals surface area contributed by atoms with Crippen LogP contribution in [0.2, 0.25) is 0 Å². The van der Waals surface area contributed by atoms with E-state index in [9.17, 15) is 19.8 Å². The number of hydrogen-bond acceptors (Lipinski definition) is 8. The van der Waals surface area contributed by atoms with Crippen molar-refractivity contribution in [3.05, 3.63) is 75.3 Å². The zero-order valence-corrected chi connectivity index (χ0v) is 21.8. The van der Waals surface area contributed by atoms with Crippen LogP contribution in [0.25, 0.3) is 0 Å². The Morgan fingerprint density at radius 2 is 1.61 bits per heavy atom. The molecule has 2 N–H and O–H groups in total. The molecule has 3 aromatic rings. The standard InChI is InChI=1S/C30H29NO7/c1-30-11-10-18(31(30)14-15-8-9-19(36-2)21(12-15)38-4)22-17(13-30)27(33)24-25(28(22)34)29(35)23-16(26(24)32)6-5-7-20(23)37-3/h5-9,12,18,33-34H,10-11,13-14H2,1-4H3. The van der Waals surface area contributed by atoms with Crippen LogP contribution in [0, 0.1) is 0 Å². The molecule has 1 saturated heterocycles. The van der Waals surface area contributed by atoms with E-state index in [4.69, 9.17) is 14.2 Å². The van der Waals surface area contributed by atoms with Crippen molar-refractivity contribution in [2.75, 3.05) is 21.3 Å². The zero-order valence-electron chi connectivity index (χ0n) is 21.8. The monoisotopic (exact) mass is 515 g/mol. The van der Waals surface area contributed by atoms with Gasteiger partial charge in [-0.05, 0) is 49.9 Å². The Kier molecular flexibility index (Phi) is 5.43. The average molecular weight is 516 g/mol. The molecule has 2 heterocycles. The van der Waals surface area contributed by atoms with E-state index in [0.717, 1.165) is 18.4 Å². The maximum absolute atomic E-state index is 13.7. The van der Waals surface area contributed by atoms with Crippen molar-refractivity contribution in [1.29, 1.82) is 0 Å². The molecule has 0 saturated carbocycles. The van der Waals surface area contributed by atoms with E-state index in [2.05, 4.69) is 11.8 Å². The van der Waals surface area contributed by atoms with Crippen molar-refractivity contribution in [3.8, 4) is 28.7 Å². The van der Waals surface area contributed by atoms with E-state index in [1.807, 2.05) is 18.2 Å². The largest absolute Gasteiger partial charge is 0.507 e. The molecule has 196 valence electrons. The third-order valence-corrected chi connectivity index (χ3v) is 8.48. The molecule has 1 aliphatic carbocycles. The van der Waals surface area contributed by atoms with Gasteiger partial charge >= 0.3 is 0 Å². The number of phenols is 2. The average Bonchev–Trinajstić information content (AvgIpc) is 3.13. The summed E-state index contributed by atoms with van der Waals surface area (Å²) in [7, 11) is 4.62. The van der Waals surface area contributed by atoms with Gasteiger partial charge in [-0.3, -0.25) is 14.5 Å². The summed E-state index contributed by atoms with van der Waals surface area (Å²) < 4.78 is 16.2. The summed E-state index contributed by atoms with van der Waals surface area (Å²) in [6.07, 6.45) is 2.01. The molecule has 2 unspecified atom stereocenters. The molecule has 2 atom stereocenters. The van der Waals surface area contributed by atoms with E-state index in [1.165, 1.54) is 7.11 Å². The summed E-state index contributed by atoms with van der Waals surface area (Å²) in [5, 5.41) is 23.1. The predicted molar refractivity (Wildman–Crippen MR) is 139 cm³/mol. The third kappa shape index (κ3) is 3.19. The van der Waals surface area contributed by atoms with Crippen LogP contribution in [0.4, 0.5) is 0 Å². The molecule has 6 rings (SSSR count). The van der Waals surface area contributed by atoms with Gasteiger partial charge in [-0.25, -0.2) is 0 Å². The van der Waals surface area contributed by atoms with Gasteiger partial charge in [0.25, 0.3) is 0 Å². The number of ether oxygens (including phenoxy) is 3. The highest BCUT2D eigenvalue weighted by atomic mass is 16.5. The van der Waals surface area contributed by atoms with E-state index in [0.29, 0.717) is 35.6 Å². The van der Waals surface area contributed by atoms with Gasteiger partial charge in [0.15, 0.2) is 17.3 Å². The SMILES string of the molecule is COc1ccc(CN2C3CCC2(C)Cc2c(O)c4c(c(O)c23)C(=O)c2c(OC)cccc2C4=O)cc1OC. The Bertz CT molecular complexity index is 1530. The molecule has 0 aromatic heterocycles. The van der Waals surface area contributed by atoms with Crippen LogP contribution in [0.1, 0.15) is 74.3 Å². The molecule has 2 aliphatic heterocycles. The number of hydrogen-bond donors (Lipinski definition) is 2. The molecule has 0 spiro atoms. The summed E-state index contributed by atoms with van der Waals surface area (Å²) in [6, 6.07) is 10.3. The first-order valence-corrected chi connectivity index (χ1v) is 12.6. The second-order valence-corrected chi connectivity index (χ2v) is 10.4. The fourth-order valence-corrected chi connectivity index (χ4v) is 6.63. The first-order valence-electron chi connectivity index (χ1n) is 12.6. The van der Waals surface area contributed by atoms with Crippen molar-refractivity contribution in [2.45, 2.75) is 44.3 Å². The summed E-state index contributed by atoms with van der Waals surface area (Å²) in [5.74, 6) is 0.0765. The highest BCUT2D eigenvalue weighted by Crippen LogP contribution is 2.57. The van der Waals surface area contributed by atoms with Crippen LogP contribution in [-0.2, 0) is 13.0 Å². The minimum atomic E-state index is -0.527. The van der Waals surface area contributed by atoms with Crippen molar-refractivity contribution in [1.82, 2.24) is 4.90 Å². The molecule has 8 nitrogen and oxygen atoms in total. The number of fused-ring (bicyclic) bond motifs is 6. The first kappa shape index (κ1) is 24.3. The van der Waals surface area contributed by atoms with Gasteiger partial charge in [0, 0.05) is 34.8 Å². The third-order valence-electron chi connectivity index (χ3n) is 8.48. The fourth-order valence-electron chi connectivity index (χ4n) is 6.63. The Morgan fingerprint density at radius 1 is 0.895 bits per heavy atom. The van der Waals surface area contributed by atoms with Crippen LogP contribution in [-0.4, -0.2) is 53.5 Å². The lowest BCUT2D eigenvalue weighted by atomic mass is 9.76. The van der Waals surface area contributed by atoms with Crippen LogP contribution < -0.4 is 14.2 Å². The molecule has 3 aromatic carbocycles. The normalized spacial score (nSPS) is 21.5. The van der Waals surface area contributed by atoms with Crippen molar-refractivity contribution < 1.29 is 34.0 Å². The Hall–Kier alpha value is -4.04.